The number of ether oxygens (including phenoxy) is 1. The van der Waals surface area contributed by atoms with Gasteiger partial charge in [0.05, 0.1) is 27.2 Å². The first-order chi connectivity index (χ1) is 36.6. The number of hydrogen-bond acceptors (Lipinski definition) is 12. The van der Waals surface area contributed by atoms with Crippen molar-refractivity contribution in [2.75, 3.05) is 49.5 Å². The number of nitrogens with zero attached hydrogens (tertiary/aromatic N) is 5. The maximum Gasteiger partial charge on any atom is 0.293 e. The molecular weight excluding hydrogens is 977 g/mol. The highest BCUT2D eigenvalue weighted by Gasteiger charge is 2.50. The lowest BCUT2D eigenvalue weighted by atomic mass is 9.59. The minimum atomic E-state index is -4.58. The van der Waals surface area contributed by atoms with E-state index in [0.29, 0.717) is 60.7 Å². The molecule has 400 valence electrons. The van der Waals surface area contributed by atoms with E-state index in [0.717, 1.165) is 75.5 Å². The maximum atomic E-state index is 14.1. The molecule has 1 amide bonds. The molecule has 76 heavy (non-hydrogen) atoms. The van der Waals surface area contributed by atoms with E-state index in [-0.39, 0.29) is 28.3 Å². The first-order valence-corrected chi connectivity index (χ1v) is 29.0. The molecule has 1 spiro atoms. The van der Waals surface area contributed by atoms with Gasteiger partial charge in [-0.1, -0.05) is 68.4 Å². The molecule has 5 aliphatic rings. The Hall–Kier alpha value is -6.33. The molecule has 0 bridgehead atoms. The Morgan fingerprint density at radius 1 is 0.895 bits per heavy atom. The predicted molar refractivity (Wildman–Crippen MR) is 297 cm³/mol. The zero-order chi connectivity index (χ0) is 52.8. The SMILES string of the molecule is CC(C)c1ccccc1C1CN(C2CCC(c3ccccc3)C2)CCN1C1CC2(CCN(c3ccc(C(=O)NS(=O)(=O)c4ccc(NC[C@H]5CC[C@](C)(O)CC5)c([N+](=O)[O-])c4)c(Oc4cnc5[nH]ccc5c4)c3)CC2)C1. The number of anilines is 2. The van der Waals surface area contributed by atoms with Crippen LogP contribution in [0.2, 0.25) is 0 Å². The van der Waals surface area contributed by atoms with Gasteiger partial charge in [0, 0.05) is 86.8 Å². The second kappa shape index (κ2) is 21.2. The van der Waals surface area contributed by atoms with Crippen molar-refractivity contribution in [1.29, 1.82) is 0 Å². The standard InChI is InChI=1S/C60H72N8O7S/c1-40(2)50-11-7-8-12-51(50)55-39-66(45-14-13-43(31-45)42-9-5-4-6-10-42)29-30-67(55)47-35-60(36-47)24-27-65(28-25-60)46-15-17-52(56(33-46)75-48-32-44-21-26-61-57(44)63-38-48)58(69)64-76(73,74)49-16-18-53(54(34-49)68(71)72)62-37-41-19-22-59(3,70)23-20-41/h4-12,15-18,21,26,32-34,38,40-41,43,45,47,55,62,70H,13-14,19-20,22-25,27-31,35-37,39H2,1-3H3,(H,61,63)(H,64,69)/t41-,43?,45?,55?,59-. The van der Waals surface area contributed by atoms with Crippen LogP contribution in [-0.4, -0.2) is 101 Å². The molecule has 3 unspecified atom stereocenters. The normalized spacial score (nSPS) is 24.4. The second-order valence-electron chi connectivity index (χ2n) is 23.2. The number of piperidine rings is 1. The Kier molecular flexibility index (Phi) is 14.5. The molecule has 4 heterocycles. The first-order valence-electron chi connectivity index (χ1n) is 27.5. The van der Waals surface area contributed by atoms with Crippen LogP contribution in [0.25, 0.3) is 11.0 Å². The molecule has 6 aromatic rings. The van der Waals surface area contributed by atoms with Gasteiger partial charge in [-0.2, -0.15) is 0 Å². The van der Waals surface area contributed by atoms with Crippen LogP contribution in [0.15, 0.2) is 120 Å². The summed E-state index contributed by atoms with van der Waals surface area (Å²) in [6, 6.07) is 34.2. The average molecular weight is 1050 g/mol. The van der Waals surface area contributed by atoms with Crippen molar-refractivity contribution in [2.24, 2.45) is 11.3 Å². The monoisotopic (exact) mass is 1050 g/mol. The Bertz CT molecular complexity index is 3170. The topological polar surface area (TPSA) is 186 Å². The third kappa shape index (κ3) is 11.0. The van der Waals surface area contributed by atoms with E-state index in [2.05, 4.69) is 103 Å². The van der Waals surface area contributed by atoms with E-state index < -0.39 is 37.0 Å². The molecule has 2 aliphatic heterocycles. The van der Waals surface area contributed by atoms with Gasteiger partial charge in [-0.15, -0.1) is 0 Å². The smallest absolute Gasteiger partial charge is 0.293 e. The van der Waals surface area contributed by atoms with Crippen LogP contribution in [0.1, 0.15) is 136 Å². The minimum absolute atomic E-state index is 0.0197. The van der Waals surface area contributed by atoms with E-state index in [1.165, 1.54) is 60.9 Å². The Labute approximate surface area is 446 Å². The number of pyridine rings is 1. The van der Waals surface area contributed by atoms with Crippen molar-refractivity contribution in [2.45, 2.75) is 132 Å². The lowest BCUT2D eigenvalue weighted by Gasteiger charge is -2.58. The van der Waals surface area contributed by atoms with Gasteiger partial charge in [0.15, 0.2) is 0 Å². The summed E-state index contributed by atoms with van der Waals surface area (Å²) < 4.78 is 36.3. The molecule has 2 saturated heterocycles. The van der Waals surface area contributed by atoms with Crippen molar-refractivity contribution in [3.05, 3.63) is 148 Å². The molecule has 3 saturated carbocycles. The fraction of sp³-hybridized carbons (Fsp3) is 0.467. The van der Waals surface area contributed by atoms with Crippen LogP contribution < -0.4 is 19.7 Å². The minimum Gasteiger partial charge on any atom is -0.455 e. The van der Waals surface area contributed by atoms with E-state index in [9.17, 15) is 28.4 Å². The van der Waals surface area contributed by atoms with Gasteiger partial charge < -0.3 is 25.0 Å². The number of rotatable bonds is 15. The van der Waals surface area contributed by atoms with Crippen molar-refractivity contribution in [3.8, 4) is 11.5 Å². The quantitative estimate of drug-likeness (QED) is 0.0564. The number of carbonyl (C=O) groups excluding carboxylic acids is 1. The molecule has 2 aromatic heterocycles. The molecule has 11 rings (SSSR count). The number of aromatic nitrogens is 2. The predicted octanol–water partition coefficient (Wildman–Crippen LogP) is 11.3. The fourth-order valence-electron chi connectivity index (χ4n) is 13.4. The van der Waals surface area contributed by atoms with Crippen LogP contribution in [0.4, 0.5) is 17.1 Å². The third-order valence-electron chi connectivity index (χ3n) is 17.9. The zero-order valence-corrected chi connectivity index (χ0v) is 44.8. The van der Waals surface area contributed by atoms with Crippen LogP contribution in [-0.2, 0) is 10.0 Å². The number of aliphatic hydroxyl groups is 1. The number of sulfonamides is 1. The van der Waals surface area contributed by atoms with Gasteiger partial charge in [0.1, 0.15) is 22.8 Å². The Balaban J connectivity index is 0.775. The summed E-state index contributed by atoms with van der Waals surface area (Å²) in [6.45, 7) is 11.8. The molecule has 3 atom stereocenters. The lowest BCUT2D eigenvalue weighted by molar-refractivity contribution is -0.384. The number of carbonyl (C=O) groups is 1. The molecule has 4 N–H and O–H groups in total. The van der Waals surface area contributed by atoms with Crippen LogP contribution in [0.3, 0.4) is 0 Å². The Morgan fingerprint density at radius 3 is 2.42 bits per heavy atom. The van der Waals surface area contributed by atoms with E-state index >= 15 is 0 Å². The van der Waals surface area contributed by atoms with E-state index in [1.54, 1.807) is 30.6 Å². The molecule has 4 aromatic carbocycles. The van der Waals surface area contributed by atoms with Gasteiger partial charge in [-0.05, 0) is 154 Å². The van der Waals surface area contributed by atoms with Crippen LogP contribution >= 0.6 is 0 Å². The number of nitro groups is 1. The van der Waals surface area contributed by atoms with Gasteiger partial charge in [0.2, 0.25) is 0 Å². The van der Waals surface area contributed by atoms with Gasteiger partial charge in [-0.3, -0.25) is 24.7 Å². The zero-order valence-electron chi connectivity index (χ0n) is 44.0. The highest BCUT2D eigenvalue weighted by Crippen LogP contribution is 2.54. The molecule has 5 fully saturated rings. The number of benzene rings is 4. The fourth-order valence-corrected chi connectivity index (χ4v) is 14.4. The van der Waals surface area contributed by atoms with Crippen molar-refractivity contribution >= 4 is 44.0 Å². The number of hydrogen-bond donors (Lipinski definition) is 4. The summed E-state index contributed by atoms with van der Waals surface area (Å²) in [5, 5.41) is 26.5. The van der Waals surface area contributed by atoms with Gasteiger partial charge in [0.25, 0.3) is 21.6 Å². The molecule has 3 aliphatic carbocycles. The van der Waals surface area contributed by atoms with Crippen molar-refractivity contribution in [1.82, 2.24) is 24.5 Å². The highest BCUT2D eigenvalue weighted by molar-refractivity contribution is 7.90. The van der Waals surface area contributed by atoms with E-state index in [1.807, 2.05) is 19.1 Å². The summed E-state index contributed by atoms with van der Waals surface area (Å²) in [4.78, 5) is 40.9. The number of nitro benzene ring substituents is 1. The number of amides is 1. The number of H-pyrrole nitrogens is 1. The number of piperazine rings is 1. The number of nitrogens with one attached hydrogen (secondary N) is 3. The lowest BCUT2D eigenvalue weighted by Crippen LogP contribution is -2.60. The average Bonchev–Trinajstić information content (AvgIpc) is 4.12. The molecule has 0 radical (unpaired) electrons. The largest absolute Gasteiger partial charge is 0.455 e. The summed E-state index contributed by atoms with van der Waals surface area (Å²) in [5.41, 5.74) is 5.22. The maximum absolute atomic E-state index is 14.1. The summed E-state index contributed by atoms with van der Waals surface area (Å²) in [6.07, 6.45) is 14.3. The number of aromatic amines is 1. The van der Waals surface area contributed by atoms with E-state index in [4.69, 9.17) is 4.74 Å². The van der Waals surface area contributed by atoms with Gasteiger partial charge >= 0.3 is 0 Å². The molecule has 16 heteroatoms. The first kappa shape index (κ1) is 51.8. The van der Waals surface area contributed by atoms with Crippen LogP contribution in [0.5, 0.6) is 11.5 Å². The molecular formula is C60H72N8O7S. The highest BCUT2D eigenvalue weighted by atomic mass is 32.2. The Morgan fingerprint density at radius 2 is 1.66 bits per heavy atom. The summed E-state index contributed by atoms with van der Waals surface area (Å²) >= 11 is 0. The molecule has 15 nitrogen and oxygen atoms in total. The third-order valence-corrected chi connectivity index (χ3v) is 19.2. The van der Waals surface area contributed by atoms with Gasteiger partial charge in [-0.25, -0.2) is 18.1 Å². The summed E-state index contributed by atoms with van der Waals surface area (Å²) in [7, 11) is -4.58. The number of fused-ring (bicyclic) bond motifs is 1. The summed E-state index contributed by atoms with van der Waals surface area (Å²) in [5.74, 6) is 0.854. The van der Waals surface area contributed by atoms with Crippen molar-refractivity contribution in [3.63, 3.8) is 0 Å². The van der Waals surface area contributed by atoms with Crippen molar-refractivity contribution < 1.29 is 28.0 Å². The second-order valence-corrected chi connectivity index (χ2v) is 24.9. The van der Waals surface area contributed by atoms with Crippen LogP contribution in [0, 0.1) is 21.4 Å².